The van der Waals surface area contributed by atoms with E-state index in [4.69, 9.17) is 0 Å². The number of rotatable bonds is 1. The normalized spacial score (nSPS) is 10.6. The van der Waals surface area contributed by atoms with Gasteiger partial charge in [-0.2, -0.15) is 0 Å². The Morgan fingerprint density at radius 3 is 2.85 bits per heavy atom. The first-order valence-corrected chi connectivity index (χ1v) is 5.43. The maximum Gasteiger partial charge on any atom is 0.123 e. The first kappa shape index (κ1) is 8.87. The number of fused-ring (bicyclic) bond motifs is 1. The molecule has 0 aliphatic heterocycles. The monoisotopic (exact) mass is 287 g/mol. The van der Waals surface area contributed by atoms with Crippen molar-refractivity contribution >= 4 is 33.5 Å². The number of hydrogen-bond donors (Lipinski definition) is 0. The van der Waals surface area contributed by atoms with Crippen molar-refractivity contribution in [2.24, 2.45) is 0 Å². The summed E-state index contributed by atoms with van der Waals surface area (Å²) >= 11 is 2.26. The van der Waals surface area contributed by atoms with E-state index in [-0.39, 0.29) is 5.82 Å². The summed E-state index contributed by atoms with van der Waals surface area (Å²) in [4.78, 5) is 4.36. The molecule has 0 unspecified atom stereocenters. The molecule has 0 aliphatic carbocycles. The zero-order valence-electron chi connectivity index (χ0n) is 6.80. The summed E-state index contributed by atoms with van der Waals surface area (Å²) in [6.45, 7) is 0. The zero-order chi connectivity index (χ0) is 9.26. The van der Waals surface area contributed by atoms with Crippen molar-refractivity contribution in [3.63, 3.8) is 0 Å². The van der Waals surface area contributed by atoms with E-state index >= 15 is 0 Å². The van der Waals surface area contributed by atoms with E-state index in [1.165, 1.54) is 12.1 Å². The molecule has 3 heteroatoms. The van der Waals surface area contributed by atoms with Crippen LogP contribution in [0, 0.1) is 5.82 Å². The molecule has 0 amide bonds. The van der Waals surface area contributed by atoms with Gasteiger partial charge in [-0.15, -0.1) is 0 Å². The smallest absolute Gasteiger partial charge is 0.123 e. The fourth-order valence-corrected chi connectivity index (χ4v) is 1.64. The van der Waals surface area contributed by atoms with Crippen LogP contribution in [0.5, 0.6) is 0 Å². The second-order valence-electron chi connectivity index (χ2n) is 2.77. The average molecular weight is 287 g/mol. The quantitative estimate of drug-likeness (QED) is 0.579. The summed E-state index contributed by atoms with van der Waals surface area (Å²) in [7, 11) is 0. The van der Waals surface area contributed by atoms with Crippen LogP contribution in [0.25, 0.3) is 10.9 Å². The highest BCUT2D eigenvalue weighted by atomic mass is 127. The summed E-state index contributed by atoms with van der Waals surface area (Å²) < 4.78 is 13.7. The number of benzene rings is 1. The van der Waals surface area contributed by atoms with E-state index in [2.05, 4.69) is 27.6 Å². The molecule has 0 radical (unpaired) electrons. The molecular formula is C10H7FIN. The van der Waals surface area contributed by atoms with Gasteiger partial charge in [-0.05, 0) is 24.3 Å². The molecule has 1 nitrogen and oxygen atoms in total. The molecular weight excluding hydrogens is 280 g/mol. The van der Waals surface area contributed by atoms with Gasteiger partial charge in [0.15, 0.2) is 0 Å². The Labute approximate surface area is 89.1 Å². The molecule has 0 saturated heterocycles. The third-order valence-corrected chi connectivity index (χ3v) is 2.63. The SMILES string of the molecule is Fc1ccc2nc(CI)ccc2c1. The van der Waals surface area contributed by atoms with Crippen molar-refractivity contribution < 1.29 is 4.39 Å². The molecule has 0 fully saturated rings. The first-order chi connectivity index (χ1) is 6.29. The van der Waals surface area contributed by atoms with Gasteiger partial charge in [0, 0.05) is 9.81 Å². The Balaban J connectivity index is 2.66. The molecule has 0 saturated carbocycles. The Morgan fingerprint density at radius 1 is 1.23 bits per heavy atom. The lowest BCUT2D eigenvalue weighted by Crippen LogP contribution is -1.86. The van der Waals surface area contributed by atoms with Gasteiger partial charge in [-0.25, -0.2) is 4.39 Å². The predicted octanol–water partition coefficient (Wildman–Crippen LogP) is 3.31. The number of alkyl halides is 1. The van der Waals surface area contributed by atoms with Crippen LogP contribution in [-0.2, 0) is 4.43 Å². The Hall–Kier alpha value is -0.710. The van der Waals surface area contributed by atoms with Crippen LogP contribution in [0.3, 0.4) is 0 Å². The lowest BCUT2D eigenvalue weighted by Gasteiger charge is -1.99. The fraction of sp³-hybridized carbons (Fsp3) is 0.100. The molecule has 2 aromatic rings. The molecule has 66 valence electrons. The van der Waals surface area contributed by atoms with Crippen LogP contribution >= 0.6 is 22.6 Å². The minimum absolute atomic E-state index is 0.212. The second-order valence-corrected chi connectivity index (χ2v) is 3.54. The topological polar surface area (TPSA) is 12.9 Å². The van der Waals surface area contributed by atoms with Crippen LogP contribution in [0.15, 0.2) is 30.3 Å². The standard InChI is InChI=1S/C10H7FIN/c11-8-2-4-10-7(5-8)1-3-9(6-12)13-10/h1-5H,6H2. The summed E-state index contributed by atoms with van der Waals surface area (Å²) in [5, 5.41) is 0.855. The zero-order valence-corrected chi connectivity index (χ0v) is 8.95. The van der Waals surface area contributed by atoms with Crippen LogP contribution in [-0.4, -0.2) is 4.98 Å². The molecule has 0 bridgehead atoms. The van der Waals surface area contributed by atoms with Crippen molar-refractivity contribution in [1.29, 1.82) is 0 Å². The van der Waals surface area contributed by atoms with Gasteiger partial charge in [-0.3, -0.25) is 4.98 Å². The number of aromatic nitrogens is 1. The van der Waals surface area contributed by atoms with Gasteiger partial charge in [0.1, 0.15) is 5.82 Å². The van der Waals surface area contributed by atoms with Crippen LogP contribution < -0.4 is 0 Å². The first-order valence-electron chi connectivity index (χ1n) is 3.91. The van der Waals surface area contributed by atoms with Gasteiger partial charge < -0.3 is 0 Å². The minimum atomic E-state index is -0.212. The highest BCUT2D eigenvalue weighted by Crippen LogP contribution is 2.15. The van der Waals surface area contributed by atoms with Crippen molar-refractivity contribution in [1.82, 2.24) is 4.98 Å². The third kappa shape index (κ3) is 1.80. The highest BCUT2D eigenvalue weighted by Gasteiger charge is 1.98. The second kappa shape index (κ2) is 3.57. The van der Waals surface area contributed by atoms with E-state index in [9.17, 15) is 4.39 Å². The van der Waals surface area contributed by atoms with Gasteiger partial charge in [-0.1, -0.05) is 28.7 Å². The lowest BCUT2D eigenvalue weighted by atomic mass is 10.2. The average Bonchev–Trinajstić information content (AvgIpc) is 2.17. The molecule has 1 heterocycles. The van der Waals surface area contributed by atoms with Crippen LogP contribution in [0.1, 0.15) is 5.69 Å². The molecule has 1 aromatic carbocycles. The van der Waals surface area contributed by atoms with E-state index in [1.807, 2.05) is 12.1 Å². The molecule has 0 N–H and O–H groups in total. The van der Waals surface area contributed by atoms with Crippen molar-refractivity contribution in [2.75, 3.05) is 0 Å². The van der Waals surface area contributed by atoms with Crippen LogP contribution in [0.2, 0.25) is 0 Å². The maximum absolute atomic E-state index is 12.8. The van der Waals surface area contributed by atoms with Gasteiger partial charge >= 0.3 is 0 Å². The van der Waals surface area contributed by atoms with Crippen molar-refractivity contribution in [2.45, 2.75) is 4.43 Å². The number of pyridine rings is 1. The van der Waals surface area contributed by atoms with E-state index < -0.39 is 0 Å². The summed E-state index contributed by atoms with van der Waals surface area (Å²) in [6.07, 6.45) is 0. The molecule has 2 rings (SSSR count). The molecule has 13 heavy (non-hydrogen) atoms. The number of hydrogen-bond acceptors (Lipinski definition) is 1. The Morgan fingerprint density at radius 2 is 2.08 bits per heavy atom. The van der Waals surface area contributed by atoms with Gasteiger partial charge in [0.05, 0.1) is 11.2 Å². The van der Waals surface area contributed by atoms with E-state index in [1.54, 1.807) is 6.07 Å². The highest BCUT2D eigenvalue weighted by molar-refractivity contribution is 14.1. The van der Waals surface area contributed by atoms with Crippen molar-refractivity contribution in [3.05, 3.63) is 41.8 Å². The maximum atomic E-state index is 12.8. The number of halogens is 2. The molecule has 0 aliphatic rings. The fourth-order valence-electron chi connectivity index (χ4n) is 1.21. The van der Waals surface area contributed by atoms with Gasteiger partial charge in [0.2, 0.25) is 0 Å². The lowest BCUT2D eigenvalue weighted by molar-refractivity contribution is 0.629. The summed E-state index contributed by atoms with van der Waals surface area (Å²) in [6, 6.07) is 8.47. The van der Waals surface area contributed by atoms with E-state index in [0.29, 0.717) is 0 Å². The molecule has 0 spiro atoms. The molecule has 1 aromatic heterocycles. The van der Waals surface area contributed by atoms with E-state index in [0.717, 1.165) is 21.0 Å². The van der Waals surface area contributed by atoms with Gasteiger partial charge in [0.25, 0.3) is 0 Å². The largest absolute Gasteiger partial charge is 0.252 e. The summed E-state index contributed by atoms with van der Waals surface area (Å²) in [5.41, 5.74) is 1.88. The predicted molar refractivity (Wildman–Crippen MR) is 59.4 cm³/mol. The Bertz CT molecular complexity index is 442. The Kier molecular flexibility index (Phi) is 2.44. The van der Waals surface area contributed by atoms with Crippen LogP contribution in [0.4, 0.5) is 4.39 Å². The van der Waals surface area contributed by atoms with Crippen molar-refractivity contribution in [3.8, 4) is 0 Å². The number of nitrogens with zero attached hydrogens (tertiary/aromatic N) is 1. The summed E-state index contributed by atoms with van der Waals surface area (Å²) in [5.74, 6) is -0.212. The minimum Gasteiger partial charge on any atom is -0.252 e. The molecule has 0 atom stereocenters. The third-order valence-electron chi connectivity index (χ3n) is 1.85.